The zero-order valence-electron chi connectivity index (χ0n) is 29.0. The zero-order valence-corrected chi connectivity index (χ0v) is 31.7. The van der Waals surface area contributed by atoms with E-state index in [-0.39, 0.29) is 51.6 Å². The third-order valence-electron chi connectivity index (χ3n) is 7.40. The van der Waals surface area contributed by atoms with Crippen molar-refractivity contribution >= 4 is 40.0 Å². The van der Waals surface area contributed by atoms with Crippen LogP contribution >= 0.6 is 23.0 Å². The van der Waals surface area contributed by atoms with Crippen LogP contribution in [0.4, 0.5) is 17.1 Å². The molecule has 0 fully saturated rings. The smallest absolute Gasteiger partial charge is 0.413 e. The number of benzene rings is 6. The maximum absolute atomic E-state index is 11.6. The Morgan fingerprint density at radius 3 is 0.702 bits per heavy atom. The number of nitro benzene ring substituents is 3. The molecule has 0 saturated carbocycles. The molecule has 0 atom stereocenters. The fourth-order valence-corrected chi connectivity index (χ4v) is 14.0. The Morgan fingerprint density at radius 2 is 0.509 bits per heavy atom. The van der Waals surface area contributed by atoms with Gasteiger partial charge >= 0.3 is 23.0 Å². The lowest BCUT2D eigenvalue weighted by atomic mass is 10.3. The van der Waals surface area contributed by atoms with Gasteiger partial charge in [-0.05, 0) is 72.8 Å². The lowest BCUT2D eigenvalue weighted by molar-refractivity contribution is -0.385. The number of nitrogens with zero attached hydrogens (tertiary/aromatic N) is 6. The van der Waals surface area contributed by atoms with Gasteiger partial charge in [-0.2, -0.15) is 0 Å². The van der Waals surface area contributed by atoms with Crippen molar-refractivity contribution in [1.29, 1.82) is 0 Å². The Balaban J connectivity index is 1.55. The summed E-state index contributed by atoms with van der Waals surface area (Å²) in [5, 5.41) is 34.7. The Kier molecular flexibility index (Phi) is 11.0. The zero-order chi connectivity index (χ0) is 39.9. The van der Waals surface area contributed by atoms with Gasteiger partial charge < -0.3 is 27.1 Å². The van der Waals surface area contributed by atoms with Crippen molar-refractivity contribution in [2.75, 3.05) is 0 Å². The quantitative estimate of drug-likeness (QED) is 0.0535. The summed E-state index contributed by atoms with van der Waals surface area (Å²) in [5.74, 6) is 0.719. The predicted molar refractivity (Wildman–Crippen MR) is 210 cm³/mol. The molecule has 21 heteroatoms. The van der Waals surface area contributed by atoms with E-state index in [0.29, 0.717) is 0 Å². The van der Waals surface area contributed by atoms with E-state index in [1.165, 1.54) is 72.8 Å². The topological polar surface area (TPSA) is 222 Å². The summed E-state index contributed by atoms with van der Waals surface area (Å²) in [4.78, 5) is 32.9. The standard InChI is InChI=1S/C36H27N6O12P3/c43-40(44)28-16-22-34(23-17-28)52-55(49-31-10-4-1-5-11-31)37-56(50-32-12-6-2-7-13-32,53-35-24-18-29(19-25-35)41(45)46)39-57(38-55,51-33-14-8-3-9-15-33)54-36-26-20-30(21-27-36)42(47)48/h1-27H. The van der Waals surface area contributed by atoms with E-state index in [4.69, 9.17) is 40.7 Å². The molecule has 1 heterocycles. The second-order valence-electron chi connectivity index (χ2n) is 11.5. The van der Waals surface area contributed by atoms with Gasteiger partial charge in [0.2, 0.25) is 0 Å². The lowest BCUT2D eigenvalue weighted by Gasteiger charge is -2.33. The highest BCUT2D eigenvalue weighted by atomic mass is 31.3. The number of non-ortho nitro benzene ring substituents is 3. The normalized spacial score (nSPS) is 19.6. The van der Waals surface area contributed by atoms with Gasteiger partial charge in [0.1, 0.15) is 34.5 Å². The predicted octanol–water partition coefficient (Wildman–Crippen LogP) is 12.0. The van der Waals surface area contributed by atoms with Crippen LogP contribution in [0.3, 0.4) is 0 Å². The van der Waals surface area contributed by atoms with Crippen LogP contribution in [-0.2, 0) is 0 Å². The summed E-state index contributed by atoms with van der Waals surface area (Å²) in [6.45, 7) is 0. The van der Waals surface area contributed by atoms with E-state index >= 15 is 0 Å². The molecular formula is C36H27N6O12P3. The van der Waals surface area contributed by atoms with E-state index in [9.17, 15) is 30.3 Å². The average Bonchev–Trinajstić information content (AvgIpc) is 3.19. The van der Waals surface area contributed by atoms with Crippen molar-refractivity contribution < 1.29 is 41.9 Å². The molecule has 1 aliphatic rings. The Morgan fingerprint density at radius 1 is 0.316 bits per heavy atom. The Labute approximate surface area is 323 Å². The molecule has 7 rings (SSSR count). The fourth-order valence-electron chi connectivity index (χ4n) is 4.91. The highest BCUT2D eigenvalue weighted by Crippen LogP contribution is 2.78. The van der Waals surface area contributed by atoms with E-state index in [1.807, 2.05) is 0 Å². The molecule has 6 aromatic rings. The third-order valence-corrected chi connectivity index (χ3v) is 15.5. The molecule has 0 saturated heterocycles. The van der Waals surface area contributed by atoms with Crippen molar-refractivity contribution in [2.45, 2.75) is 0 Å². The Hall–Kier alpha value is -6.99. The van der Waals surface area contributed by atoms with Crippen LogP contribution in [0.1, 0.15) is 0 Å². The van der Waals surface area contributed by atoms with E-state index in [2.05, 4.69) is 0 Å². The first-order valence-corrected chi connectivity index (χ1v) is 21.1. The van der Waals surface area contributed by atoms with Gasteiger partial charge in [0.15, 0.2) is 0 Å². The summed E-state index contributed by atoms with van der Waals surface area (Å²) in [5.41, 5.74) is -0.673. The van der Waals surface area contributed by atoms with Crippen LogP contribution in [0, 0.1) is 30.3 Å². The van der Waals surface area contributed by atoms with Gasteiger partial charge in [0, 0.05) is 36.4 Å². The summed E-state index contributed by atoms with van der Waals surface area (Å²) >= 11 is 0. The first kappa shape index (κ1) is 38.3. The van der Waals surface area contributed by atoms with Gasteiger partial charge in [0.25, 0.3) is 17.1 Å². The third kappa shape index (κ3) is 9.46. The highest BCUT2D eigenvalue weighted by Gasteiger charge is 2.49. The maximum atomic E-state index is 11.6. The molecule has 6 aromatic carbocycles. The summed E-state index contributed by atoms with van der Waals surface area (Å²) in [6.07, 6.45) is 0. The van der Waals surface area contributed by atoms with Crippen LogP contribution in [0.25, 0.3) is 0 Å². The minimum Gasteiger partial charge on any atom is -0.413 e. The Bertz CT molecular complexity index is 2280. The number of nitro groups is 3. The molecule has 18 nitrogen and oxygen atoms in total. The average molecular weight is 829 g/mol. The van der Waals surface area contributed by atoms with Crippen LogP contribution < -0.4 is 27.1 Å². The molecule has 288 valence electrons. The SMILES string of the molecule is O=[N+]([O-])c1ccc(OP2(Oc3ccccc3)=NP(Oc3ccccc3)(Oc3ccc([N+](=O)[O-])cc3)=NP(Oc3ccccc3)(Oc3ccc([N+](=O)[O-])cc3)=N2)cc1. The summed E-state index contributed by atoms with van der Waals surface area (Å²) in [6, 6.07) is 40.4. The molecule has 0 amide bonds. The van der Waals surface area contributed by atoms with Crippen molar-refractivity contribution in [3.05, 3.63) is 194 Å². The molecular weight excluding hydrogens is 801 g/mol. The van der Waals surface area contributed by atoms with Crippen LogP contribution in [-0.4, -0.2) is 14.8 Å². The number of rotatable bonds is 15. The van der Waals surface area contributed by atoms with Crippen LogP contribution in [0.5, 0.6) is 34.5 Å². The summed E-state index contributed by atoms with van der Waals surface area (Å²) < 4.78 is 54.4. The number of hydrogen-bond donors (Lipinski definition) is 0. The highest BCUT2D eigenvalue weighted by molar-refractivity contribution is 7.79. The fraction of sp³-hybridized carbons (Fsp3) is 0. The van der Waals surface area contributed by atoms with Gasteiger partial charge in [0.05, 0.1) is 14.8 Å². The molecule has 57 heavy (non-hydrogen) atoms. The van der Waals surface area contributed by atoms with Crippen LogP contribution in [0.15, 0.2) is 177 Å². The number of hydrogen-bond acceptors (Lipinski definition) is 15. The van der Waals surface area contributed by atoms with Crippen molar-refractivity contribution in [2.24, 2.45) is 13.5 Å². The molecule has 0 bridgehead atoms. The maximum Gasteiger partial charge on any atom is 0.460 e. The van der Waals surface area contributed by atoms with E-state index < -0.39 is 37.7 Å². The first-order chi connectivity index (χ1) is 27.5. The molecule has 0 aromatic heterocycles. The second kappa shape index (κ2) is 16.4. The molecule has 0 spiro atoms. The monoisotopic (exact) mass is 828 g/mol. The molecule has 1 aliphatic heterocycles. The van der Waals surface area contributed by atoms with Gasteiger partial charge in [-0.25, -0.2) is 0 Å². The second-order valence-corrected chi connectivity index (χ2v) is 17.7. The van der Waals surface area contributed by atoms with E-state index in [1.54, 1.807) is 91.0 Å². The van der Waals surface area contributed by atoms with Crippen molar-refractivity contribution in [1.82, 2.24) is 0 Å². The minimum atomic E-state index is -4.35. The molecule has 0 N–H and O–H groups in total. The van der Waals surface area contributed by atoms with Gasteiger partial charge in [-0.1, -0.05) is 68.1 Å². The largest absolute Gasteiger partial charge is 0.460 e. The van der Waals surface area contributed by atoms with Gasteiger partial charge in [-0.3, -0.25) is 30.3 Å². The molecule has 0 unspecified atom stereocenters. The lowest BCUT2D eigenvalue weighted by Crippen LogP contribution is -2.11. The van der Waals surface area contributed by atoms with Crippen molar-refractivity contribution in [3.8, 4) is 34.5 Å². The van der Waals surface area contributed by atoms with Gasteiger partial charge in [-0.15, -0.1) is 0 Å². The van der Waals surface area contributed by atoms with Crippen LogP contribution in [0.2, 0.25) is 0 Å². The minimum absolute atomic E-state index is 0.0283. The van der Waals surface area contributed by atoms with Crippen molar-refractivity contribution in [3.63, 3.8) is 0 Å². The first-order valence-electron chi connectivity index (χ1n) is 16.5. The number of para-hydroxylation sites is 3. The summed E-state index contributed by atoms with van der Waals surface area (Å²) in [7, 11) is -13.0. The van der Waals surface area contributed by atoms with E-state index in [0.717, 1.165) is 0 Å². The molecule has 0 radical (unpaired) electrons. The molecule has 0 aliphatic carbocycles.